The maximum absolute atomic E-state index is 13.1. The minimum Gasteiger partial charge on any atom is -0.425 e. The Morgan fingerprint density at radius 1 is 1.33 bits per heavy atom. The van der Waals surface area contributed by atoms with Gasteiger partial charge in [-0.05, 0) is 12.5 Å². The maximum atomic E-state index is 13.1. The largest absolute Gasteiger partial charge is 0.425 e. The predicted octanol–water partition coefficient (Wildman–Crippen LogP) is 0.609. The number of nitrogens with one attached hydrogen (secondary N) is 1. The first-order valence-electron chi connectivity index (χ1n) is 11.0. The number of esters is 2. The number of oxime groups is 1. The average molecular weight is 542 g/mol. The fourth-order valence-electron chi connectivity index (χ4n) is 3.40. The number of amides is 2. The van der Waals surface area contributed by atoms with E-state index < -0.39 is 41.5 Å². The molecule has 2 amide bonds. The third kappa shape index (κ3) is 5.96. The Labute approximate surface area is 215 Å². The molecule has 1 aromatic rings. The molecular formula is C21H27N5O8S2. The van der Waals surface area contributed by atoms with E-state index in [2.05, 4.69) is 15.5 Å². The first-order chi connectivity index (χ1) is 17.2. The van der Waals surface area contributed by atoms with Gasteiger partial charge in [0.2, 0.25) is 6.29 Å². The van der Waals surface area contributed by atoms with E-state index in [9.17, 15) is 19.2 Å². The van der Waals surface area contributed by atoms with E-state index in [1.54, 1.807) is 19.2 Å². The standard InChI is InChI=1S/C21H27N5O8S2/c1-5-13(27)33-10(3)34-20(30)16-11(7-31-4)8-35-19-15(18(29)26(16)19)24-17(28)14(25-32-6-2)12-9-36-21(22)23-12/h9-10,15,19H,5-8H2,1-4H3,(H2,22,23)(H,24,28)/t10?,15?,19-/m0/s1. The number of nitrogens with zero attached hydrogens (tertiary/aromatic N) is 3. The highest BCUT2D eigenvalue weighted by Crippen LogP contribution is 2.41. The van der Waals surface area contributed by atoms with Crippen LogP contribution in [-0.4, -0.2) is 83.1 Å². The maximum Gasteiger partial charge on any atom is 0.358 e. The van der Waals surface area contributed by atoms with Crippen molar-refractivity contribution >= 4 is 57.7 Å². The molecule has 2 aliphatic rings. The summed E-state index contributed by atoms with van der Waals surface area (Å²) in [5.41, 5.74) is 6.30. The third-order valence-corrected chi connectivity index (χ3v) is 6.98. The van der Waals surface area contributed by atoms with Crippen molar-refractivity contribution in [1.29, 1.82) is 0 Å². The smallest absolute Gasteiger partial charge is 0.358 e. The van der Waals surface area contributed by atoms with E-state index >= 15 is 0 Å². The molecule has 196 valence electrons. The Hall–Kier alpha value is -3.17. The lowest BCUT2D eigenvalue weighted by Gasteiger charge is -2.49. The lowest BCUT2D eigenvalue weighted by atomic mass is 10.0. The quantitative estimate of drug-likeness (QED) is 0.132. The summed E-state index contributed by atoms with van der Waals surface area (Å²) in [5, 5.41) is 7.70. The number of aromatic nitrogens is 1. The summed E-state index contributed by atoms with van der Waals surface area (Å²) in [6.07, 6.45) is -1.03. The van der Waals surface area contributed by atoms with Gasteiger partial charge in [0, 0.05) is 31.6 Å². The van der Waals surface area contributed by atoms with Crippen molar-refractivity contribution in [2.45, 2.75) is 44.9 Å². The minimum atomic E-state index is -1.15. The first-order valence-corrected chi connectivity index (χ1v) is 12.9. The molecule has 0 radical (unpaired) electrons. The molecular weight excluding hydrogens is 514 g/mol. The van der Waals surface area contributed by atoms with Gasteiger partial charge in [0.05, 0.1) is 6.61 Å². The fourth-order valence-corrected chi connectivity index (χ4v) is 5.27. The number of fused-ring (bicyclic) bond motifs is 1. The van der Waals surface area contributed by atoms with E-state index in [1.165, 1.54) is 30.7 Å². The number of nitrogens with two attached hydrogens (primary N) is 1. The van der Waals surface area contributed by atoms with Crippen molar-refractivity contribution in [2.75, 3.05) is 31.8 Å². The van der Waals surface area contributed by atoms with Crippen molar-refractivity contribution in [3.05, 3.63) is 22.3 Å². The number of thioether (sulfide) groups is 1. The molecule has 1 aromatic heterocycles. The Morgan fingerprint density at radius 2 is 2.08 bits per heavy atom. The number of hydrogen-bond donors (Lipinski definition) is 2. The number of hydrogen-bond acceptors (Lipinski definition) is 13. The fraction of sp³-hybridized carbons (Fsp3) is 0.524. The number of nitrogen functional groups attached to an aromatic ring is 1. The molecule has 0 aliphatic carbocycles. The summed E-state index contributed by atoms with van der Waals surface area (Å²) in [7, 11) is 1.46. The average Bonchev–Trinajstić information content (AvgIpc) is 3.28. The normalized spacial score (nSPS) is 20.3. The Balaban J connectivity index is 1.77. The number of methoxy groups -OCH3 is 1. The molecule has 1 fully saturated rings. The van der Waals surface area contributed by atoms with Crippen molar-refractivity contribution in [3.63, 3.8) is 0 Å². The van der Waals surface area contributed by atoms with Crippen LogP contribution in [0.3, 0.4) is 0 Å². The van der Waals surface area contributed by atoms with Gasteiger partial charge in [0.1, 0.15) is 29.4 Å². The summed E-state index contributed by atoms with van der Waals surface area (Å²) in [4.78, 5) is 60.9. The molecule has 2 unspecified atom stereocenters. The van der Waals surface area contributed by atoms with Crippen molar-refractivity contribution < 1.29 is 38.2 Å². The molecule has 0 aromatic carbocycles. The molecule has 1 saturated heterocycles. The monoisotopic (exact) mass is 541 g/mol. The van der Waals surface area contributed by atoms with Gasteiger partial charge < -0.3 is 30.1 Å². The van der Waals surface area contributed by atoms with Gasteiger partial charge in [-0.1, -0.05) is 12.1 Å². The summed E-state index contributed by atoms with van der Waals surface area (Å²) < 4.78 is 15.4. The topological polar surface area (TPSA) is 172 Å². The number of carbonyl (C=O) groups excluding carboxylic acids is 4. The van der Waals surface area contributed by atoms with Crippen molar-refractivity contribution in [1.82, 2.24) is 15.2 Å². The number of anilines is 1. The van der Waals surface area contributed by atoms with Crippen LogP contribution in [0.1, 0.15) is 32.9 Å². The van der Waals surface area contributed by atoms with Gasteiger partial charge in [-0.15, -0.1) is 23.1 Å². The second kappa shape index (κ2) is 12.2. The Kier molecular flexibility index (Phi) is 9.28. The van der Waals surface area contributed by atoms with Gasteiger partial charge in [0.25, 0.3) is 11.8 Å². The molecule has 3 N–H and O–H groups in total. The number of β-lactam (4-membered cyclic amide) rings is 1. The van der Waals surface area contributed by atoms with Crippen LogP contribution >= 0.6 is 23.1 Å². The molecule has 3 atom stereocenters. The van der Waals surface area contributed by atoms with E-state index in [0.29, 0.717) is 11.3 Å². The third-order valence-electron chi connectivity index (χ3n) is 4.97. The molecule has 3 rings (SSSR count). The number of thiazole rings is 1. The zero-order valence-electron chi connectivity index (χ0n) is 20.1. The first kappa shape index (κ1) is 27.4. The molecule has 0 bridgehead atoms. The second-order valence-electron chi connectivity index (χ2n) is 7.49. The van der Waals surface area contributed by atoms with Crippen molar-refractivity contribution in [2.24, 2.45) is 5.16 Å². The molecule has 36 heavy (non-hydrogen) atoms. The molecule has 2 aliphatic heterocycles. The lowest BCUT2D eigenvalue weighted by molar-refractivity contribution is -0.184. The summed E-state index contributed by atoms with van der Waals surface area (Å²) in [5.74, 6) is -2.22. The second-order valence-corrected chi connectivity index (χ2v) is 9.49. The number of rotatable bonds is 11. The highest BCUT2D eigenvalue weighted by molar-refractivity contribution is 8.00. The molecule has 13 nitrogen and oxygen atoms in total. The van der Waals surface area contributed by atoms with Gasteiger partial charge in [-0.25, -0.2) is 9.78 Å². The van der Waals surface area contributed by atoms with Crippen LogP contribution in [0.15, 0.2) is 21.8 Å². The van der Waals surface area contributed by atoms with Crippen LogP contribution < -0.4 is 11.1 Å². The van der Waals surface area contributed by atoms with Crippen LogP contribution in [0.2, 0.25) is 0 Å². The lowest BCUT2D eigenvalue weighted by Crippen LogP contribution is -2.71. The van der Waals surface area contributed by atoms with Crippen molar-refractivity contribution in [3.8, 4) is 0 Å². The SMILES string of the molecule is CCON=C(C(=O)NC1C(=O)N2C(C(=O)OC(C)OC(=O)CC)=C(COC)CS[C@@H]12)c1csc(N)n1. The number of ether oxygens (including phenoxy) is 3. The molecule has 0 saturated carbocycles. The Bertz CT molecular complexity index is 1090. The van der Waals surface area contributed by atoms with Crippen LogP contribution in [0.25, 0.3) is 0 Å². The highest BCUT2D eigenvalue weighted by atomic mass is 32.2. The van der Waals surface area contributed by atoms with Crippen LogP contribution in [0.5, 0.6) is 0 Å². The van der Waals surface area contributed by atoms with E-state index in [1.807, 2.05) is 0 Å². The van der Waals surface area contributed by atoms with Gasteiger partial charge in [-0.2, -0.15) is 0 Å². The highest BCUT2D eigenvalue weighted by Gasteiger charge is 2.55. The molecule has 0 spiro atoms. The molecule has 3 heterocycles. The predicted molar refractivity (Wildman–Crippen MR) is 131 cm³/mol. The zero-order chi connectivity index (χ0) is 26.4. The number of carbonyl (C=O) groups is 4. The summed E-state index contributed by atoms with van der Waals surface area (Å²) in [6.45, 7) is 5.03. The van der Waals surface area contributed by atoms with Gasteiger partial charge >= 0.3 is 11.9 Å². The van der Waals surface area contributed by atoms with E-state index in [4.69, 9.17) is 24.8 Å². The van der Waals surface area contributed by atoms with Crippen LogP contribution in [0.4, 0.5) is 5.13 Å². The van der Waals surface area contributed by atoms with E-state index in [-0.39, 0.29) is 41.9 Å². The zero-order valence-corrected chi connectivity index (χ0v) is 21.8. The van der Waals surface area contributed by atoms with Crippen LogP contribution in [0, 0.1) is 0 Å². The summed E-state index contributed by atoms with van der Waals surface area (Å²) >= 11 is 2.48. The minimum absolute atomic E-state index is 0.00554. The Morgan fingerprint density at radius 3 is 2.69 bits per heavy atom. The van der Waals surface area contributed by atoms with Gasteiger partial charge in [-0.3, -0.25) is 19.3 Å². The molecule has 15 heteroatoms. The van der Waals surface area contributed by atoms with Crippen LogP contribution in [-0.2, 0) is 38.2 Å². The van der Waals surface area contributed by atoms with E-state index in [0.717, 1.165) is 11.3 Å². The van der Waals surface area contributed by atoms with Gasteiger partial charge in [0.15, 0.2) is 10.8 Å². The summed E-state index contributed by atoms with van der Waals surface area (Å²) in [6, 6.07) is -0.937.